The highest BCUT2D eigenvalue weighted by Crippen LogP contribution is 1.99. The highest BCUT2D eigenvalue weighted by molar-refractivity contribution is 6.18. The number of nitrogens with zero attached hydrogens (tertiary/aromatic N) is 1. The molecule has 58 valence electrons. The van der Waals surface area contributed by atoms with Crippen LogP contribution in [0.4, 0.5) is 0 Å². The molecule has 1 atom stereocenters. The summed E-state index contributed by atoms with van der Waals surface area (Å²) in [6, 6.07) is 0.552. The van der Waals surface area contributed by atoms with Crippen LogP contribution in [0.5, 0.6) is 0 Å². The Morgan fingerprint density at radius 2 is 1.89 bits per heavy atom. The maximum atomic E-state index is 5.62. The predicted molar refractivity (Wildman–Crippen MR) is 45.7 cm³/mol. The Morgan fingerprint density at radius 3 is 1.89 bits per heavy atom. The molecule has 0 aromatic heterocycles. The van der Waals surface area contributed by atoms with Gasteiger partial charge in [-0.15, -0.1) is 24.0 Å². The van der Waals surface area contributed by atoms with Gasteiger partial charge in [-0.2, -0.15) is 0 Å². The van der Waals surface area contributed by atoms with E-state index in [9.17, 15) is 0 Å². The van der Waals surface area contributed by atoms with E-state index in [2.05, 4.69) is 25.9 Å². The summed E-state index contributed by atoms with van der Waals surface area (Å²) in [5.41, 5.74) is 0. The topological polar surface area (TPSA) is 3.24 Å². The van der Waals surface area contributed by atoms with E-state index in [4.69, 9.17) is 11.6 Å². The highest BCUT2D eigenvalue weighted by atomic mass is 35.5. The van der Waals surface area contributed by atoms with Crippen molar-refractivity contribution in [1.82, 2.24) is 4.90 Å². The molecule has 0 fully saturated rings. The Balaban J connectivity index is 0. The van der Waals surface area contributed by atoms with Gasteiger partial charge in [0.2, 0.25) is 0 Å². The van der Waals surface area contributed by atoms with Gasteiger partial charge in [-0.25, -0.2) is 0 Å². The van der Waals surface area contributed by atoms with Gasteiger partial charge < -0.3 is 4.90 Å². The summed E-state index contributed by atoms with van der Waals surface area (Å²) in [5, 5.41) is 0. The van der Waals surface area contributed by atoms with E-state index in [-0.39, 0.29) is 12.4 Å². The molecule has 0 aliphatic carbocycles. The van der Waals surface area contributed by atoms with E-state index >= 15 is 0 Å². The Morgan fingerprint density at radius 1 is 1.44 bits per heavy atom. The first-order valence-electron chi connectivity index (χ1n) is 2.94. The Hall–Kier alpha value is 0.540. The monoisotopic (exact) mass is 171 g/mol. The minimum absolute atomic E-state index is 0. The van der Waals surface area contributed by atoms with Crippen LogP contribution >= 0.6 is 24.0 Å². The van der Waals surface area contributed by atoms with Gasteiger partial charge in [0.1, 0.15) is 0 Å². The van der Waals surface area contributed by atoms with Crippen LogP contribution in [0.3, 0.4) is 0 Å². The van der Waals surface area contributed by atoms with Crippen molar-refractivity contribution >= 4 is 24.0 Å². The molecule has 0 bridgehead atoms. The SMILES string of the molecule is CCC(CCl)N(C)C.Cl. The van der Waals surface area contributed by atoms with Gasteiger partial charge in [0, 0.05) is 11.9 Å². The lowest BCUT2D eigenvalue weighted by Crippen LogP contribution is -2.28. The lowest BCUT2D eigenvalue weighted by Gasteiger charge is -2.19. The predicted octanol–water partition coefficient (Wildman–Crippen LogP) is 1.99. The van der Waals surface area contributed by atoms with E-state index in [0.717, 1.165) is 12.3 Å². The molecule has 0 saturated carbocycles. The largest absolute Gasteiger partial charge is 0.305 e. The van der Waals surface area contributed by atoms with E-state index in [0.29, 0.717) is 6.04 Å². The fourth-order valence-electron chi connectivity index (χ4n) is 0.612. The molecule has 0 spiro atoms. The molecular formula is C6H15Cl2N. The van der Waals surface area contributed by atoms with Crippen LogP contribution in [-0.4, -0.2) is 30.9 Å². The smallest absolute Gasteiger partial charge is 0.0379 e. The molecule has 0 aromatic rings. The molecule has 1 unspecified atom stereocenters. The fraction of sp³-hybridized carbons (Fsp3) is 1.00. The molecule has 1 nitrogen and oxygen atoms in total. The average Bonchev–Trinajstić information content (AvgIpc) is 1.69. The first-order valence-corrected chi connectivity index (χ1v) is 3.48. The van der Waals surface area contributed by atoms with Crippen molar-refractivity contribution in [1.29, 1.82) is 0 Å². The minimum atomic E-state index is 0. The van der Waals surface area contributed by atoms with Gasteiger partial charge in [0.25, 0.3) is 0 Å². The summed E-state index contributed by atoms with van der Waals surface area (Å²) in [5.74, 6) is 0.740. The van der Waals surface area contributed by atoms with Crippen LogP contribution in [0.15, 0.2) is 0 Å². The van der Waals surface area contributed by atoms with Crippen LogP contribution < -0.4 is 0 Å². The number of alkyl halides is 1. The zero-order chi connectivity index (χ0) is 6.57. The van der Waals surface area contributed by atoms with Gasteiger partial charge in [-0.1, -0.05) is 6.92 Å². The van der Waals surface area contributed by atoms with Crippen LogP contribution in [0.1, 0.15) is 13.3 Å². The standard InChI is InChI=1S/C6H14ClN.ClH/c1-4-6(5-7)8(2)3;/h6H,4-5H2,1-3H3;1H. The third-order valence-electron chi connectivity index (χ3n) is 1.38. The summed E-state index contributed by atoms with van der Waals surface area (Å²) in [7, 11) is 4.10. The lowest BCUT2D eigenvalue weighted by atomic mass is 10.2. The van der Waals surface area contributed by atoms with Gasteiger partial charge in [0.15, 0.2) is 0 Å². The molecule has 0 rings (SSSR count). The summed E-state index contributed by atoms with van der Waals surface area (Å²) >= 11 is 5.62. The summed E-state index contributed by atoms with van der Waals surface area (Å²) in [6.45, 7) is 2.15. The molecule has 0 N–H and O–H groups in total. The van der Waals surface area contributed by atoms with Crippen molar-refractivity contribution in [2.75, 3.05) is 20.0 Å². The van der Waals surface area contributed by atoms with Crippen molar-refractivity contribution in [2.45, 2.75) is 19.4 Å². The normalized spacial score (nSPS) is 13.0. The molecule has 9 heavy (non-hydrogen) atoms. The van der Waals surface area contributed by atoms with E-state index in [1.807, 2.05) is 0 Å². The second kappa shape index (κ2) is 6.66. The molecule has 0 aromatic carbocycles. The van der Waals surface area contributed by atoms with Gasteiger partial charge in [0.05, 0.1) is 0 Å². The summed E-state index contributed by atoms with van der Waals surface area (Å²) in [4.78, 5) is 2.15. The first-order chi connectivity index (χ1) is 3.72. The number of rotatable bonds is 3. The molecule has 0 amide bonds. The molecule has 0 aliphatic heterocycles. The van der Waals surface area contributed by atoms with Crippen molar-refractivity contribution in [3.63, 3.8) is 0 Å². The van der Waals surface area contributed by atoms with Crippen LogP contribution in [0.2, 0.25) is 0 Å². The molecule has 0 radical (unpaired) electrons. The first kappa shape index (κ1) is 12.2. The quantitative estimate of drug-likeness (QED) is 0.588. The number of hydrogen-bond acceptors (Lipinski definition) is 1. The fourth-order valence-corrected chi connectivity index (χ4v) is 1.11. The Kier molecular flexibility index (Phi) is 9.05. The molecule has 0 aliphatic rings. The molecular weight excluding hydrogens is 157 g/mol. The van der Waals surface area contributed by atoms with E-state index in [1.165, 1.54) is 0 Å². The Labute approximate surface area is 68.8 Å². The molecule has 3 heteroatoms. The van der Waals surface area contributed by atoms with Crippen LogP contribution in [0, 0.1) is 0 Å². The summed E-state index contributed by atoms with van der Waals surface area (Å²) in [6.07, 6.45) is 1.14. The zero-order valence-corrected chi connectivity index (χ0v) is 7.80. The average molecular weight is 172 g/mol. The van der Waals surface area contributed by atoms with Gasteiger partial charge >= 0.3 is 0 Å². The second-order valence-corrected chi connectivity index (χ2v) is 2.49. The van der Waals surface area contributed by atoms with Crippen molar-refractivity contribution < 1.29 is 0 Å². The van der Waals surface area contributed by atoms with Gasteiger partial charge in [-0.05, 0) is 20.5 Å². The Bertz CT molecular complexity index is 53.0. The van der Waals surface area contributed by atoms with Crippen LogP contribution in [-0.2, 0) is 0 Å². The van der Waals surface area contributed by atoms with E-state index < -0.39 is 0 Å². The summed E-state index contributed by atoms with van der Waals surface area (Å²) < 4.78 is 0. The van der Waals surface area contributed by atoms with Crippen molar-refractivity contribution in [3.8, 4) is 0 Å². The van der Waals surface area contributed by atoms with Gasteiger partial charge in [-0.3, -0.25) is 0 Å². The highest BCUT2D eigenvalue weighted by Gasteiger charge is 2.04. The van der Waals surface area contributed by atoms with Crippen molar-refractivity contribution in [2.24, 2.45) is 0 Å². The molecule has 0 saturated heterocycles. The number of hydrogen-bond donors (Lipinski definition) is 0. The van der Waals surface area contributed by atoms with E-state index in [1.54, 1.807) is 0 Å². The number of halogens is 2. The third-order valence-corrected chi connectivity index (χ3v) is 1.74. The molecule has 0 heterocycles. The lowest BCUT2D eigenvalue weighted by molar-refractivity contribution is 0.310. The zero-order valence-electron chi connectivity index (χ0n) is 6.22. The minimum Gasteiger partial charge on any atom is -0.305 e. The maximum absolute atomic E-state index is 5.62. The third kappa shape index (κ3) is 5.01. The maximum Gasteiger partial charge on any atom is 0.0379 e. The van der Waals surface area contributed by atoms with Crippen LogP contribution in [0.25, 0.3) is 0 Å². The second-order valence-electron chi connectivity index (χ2n) is 2.18. The van der Waals surface area contributed by atoms with Crippen molar-refractivity contribution in [3.05, 3.63) is 0 Å².